The molecule has 0 heterocycles. The molecule has 0 unspecified atom stereocenters. The summed E-state index contributed by atoms with van der Waals surface area (Å²) in [6.45, 7) is 0.169. The van der Waals surface area contributed by atoms with Crippen LogP contribution in [-0.4, -0.2) is 36.3 Å². The summed E-state index contributed by atoms with van der Waals surface area (Å²) in [5.74, 6) is 0.622. The number of hydrogen-bond donors (Lipinski definition) is 2. The van der Waals surface area contributed by atoms with E-state index in [4.69, 9.17) is 4.74 Å². The van der Waals surface area contributed by atoms with E-state index in [-0.39, 0.29) is 12.5 Å². The summed E-state index contributed by atoms with van der Waals surface area (Å²) in [7, 11) is -0.819. The number of nitrogens with one attached hydrogen (secondary N) is 2. The van der Waals surface area contributed by atoms with Crippen molar-refractivity contribution in [3.8, 4) is 0 Å². The molecule has 2 N–H and O–H groups in total. The molecule has 2 aromatic carbocycles. The van der Waals surface area contributed by atoms with Crippen LogP contribution in [0.3, 0.4) is 0 Å². The highest BCUT2D eigenvalue weighted by Crippen LogP contribution is 2.49. The van der Waals surface area contributed by atoms with Gasteiger partial charge >= 0.3 is 6.09 Å². The Balaban J connectivity index is 1.95. The zero-order valence-corrected chi connectivity index (χ0v) is 18.5. The van der Waals surface area contributed by atoms with Crippen molar-refractivity contribution in [3.63, 3.8) is 0 Å². The highest BCUT2D eigenvalue weighted by atomic mass is 127. The monoisotopic (exact) mass is 500 g/mol. The van der Waals surface area contributed by atoms with Crippen molar-refractivity contribution in [2.24, 2.45) is 0 Å². The average molecular weight is 500 g/mol. The number of hydrogen-bond acceptors (Lipinski definition) is 3. The third-order valence-electron chi connectivity index (χ3n) is 3.75. The van der Waals surface area contributed by atoms with Gasteiger partial charge in [0.05, 0.1) is 0 Å². The Morgan fingerprint density at radius 2 is 1.63 bits per heavy atom. The quantitative estimate of drug-likeness (QED) is 0.516. The van der Waals surface area contributed by atoms with Crippen LogP contribution in [-0.2, 0) is 16.1 Å². The molecule has 27 heavy (non-hydrogen) atoms. The molecule has 0 aliphatic rings. The molecule has 7 heteroatoms. The number of halogens is 1. The minimum Gasteiger partial charge on any atom is -0.445 e. The summed E-state index contributed by atoms with van der Waals surface area (Å²) in [5.41, 5.74) is 1.60. The van der Waals surface area contributed by atoms with E-state index < -0.39 is 19.3 Å². The van der Waals surface area contributed by atoms with Gasteiger partial charge in [-0.15, -0.1) is 0 Å². The smallest absolute Gasteiger partial charge is 0.408 e. The molecule has 0 aliphatic carbocycles. The van der Waals surface area contributed by atoms with Crippen LogP contribution >= 0.6 is 28.4 Å². The van der Waals surface area contributed by atoms with Gasteiger partial charge in [-0.1, -0.05) is 48.5 Å². The van der Waals surface area contributed by atoms with Crippen LogP contribution in [0.1, 0.15) is 12.0 Å². The molecule has 0 saturated heterocycles. The summed E-state index contributed by atoms with van der Waals surface area (Å²) in [5, 5.41) is 5.57. The second-order valence-corrected chi connectivity index (χ2v) is 16.9. The maximum atomic E-state index is 12.7. The number of benzene rings is 2. The molecule has 0 saturated carbocycles. The van der Waals surface area contributed by atoms with E-state index in [1.54, 1.807) is 0 Å². The molecule has 0 bridgehead atoms. The number of alkyl carbamates (subject to hydrolysis) is 1. The van der Waals surface area contributed by atoms with Crippen LogP contribution in [0.2, 0.25) is 0 Å². The molecule has 0 aliphatic heterocycles. The third kappa shape index (κ3) is 8.66. The predicted octanol–water partition coefficient (Wildman–Crippen LogP) is 4.72. The lowest BCUT2D eigenvalue weighted by atomic mass is 10.2. The van der Waals surface area contributed by atoms with E-state index in [1.807, 2.05) is 60.7 Å². The van der Waals surface area contributed by atoms with E-state index in [9.17, 15) is 9.59 Å². The van der Waals surface area contributed by atoms with Crippen molar-refractivity contribution in [1.29, 1.82) is 0 Å². The van der Waals surface area contributed by atoms with E-state index in [2.05, 4.69) is 44.4 Å². The molecule has 0 radical (unpaired) electrons. The fourth-order valence-corrected chi connectivity index (χ4v) is 3.88. The fourth-order valence-electron chi connectivity index (χ4n) is 2.32. The maximum Gasteiger partial charge on any atom is 0.408 e. The number of ether oxygens (including phenoxy) is 1. The lowest BCUT2D eigenvalue weighted by Crippen LogP contribution is -2.44. The Kier molecular flexibility index (Phi) is 8.43. The summed E-state index contributed by atoms with van der Waals surface area (Å²) in [6.07, 6.45) is 4.32. The van der Waals surface area contributed by atoms with Crippen molar-refractivity contribution in [2.75, 3.05) is 23.6 Å². The van der Waals surface area contributed by atoms with Crippen LogP contribution in [0.25, 0.3) is 0 Å². The molecule has 2 amide bonds. The number of anilines is 1. The lowest BCUT2D eigenvalue weighted by molar-refractivity contribution is -0.118. The first-order valence-electron chi connectivity index (χ1n) is 8.57. The summed E-state index contributed by atoms with van der Waals surface area (Å²) < 4.78 is 5.27. The van der Waals surface area contributed by atoms with Crippen molar-refractivity contribution >= 4 is 46.1 Å². The first kappa shape index (κ1) is 21.6. The molecule has 2 rings (SSSR count). The molecule has 0 aromatic heterocycles. The van der Waals surface area contributed by atoms with Crippen LogP contribution in [0, 0.1) is 0 Å². The number of para-hydroxylation sites is 1. The largest absolute Gasteiger partial charge is 0.445 e. The average Bonchev–Trinajstić information content (AvgIpc) is 2.64. The summed E-state index contributed by atoms with van der Waals surface area (Å²) in [6, 6.07) is 18.0. The molecule has 2 aromatic rings. The lowest BCUT2D eigenvalue weighted by Gasteiger charge is -2.26. The second kappa shape index (κ2) is 10.6. The Morgan fingerprint density at radius 1 is 1.04 bits per heavy atom. The van der Waals surface area contributed by atoms with Crippen LogP contribution < -0.4 is 10.6 Å². The minimum atomic E-state index is -0.819. The maximum absolute atomic E-state index is 12.7. The van der Waals surface area contributed by atoms with Crippen molar-refractivity contribution < 1.29 is 14.3 Å². The van der Waals surface area contributed by atoms with Gasteiger partial charge in [-0.3, -0.25) is 4.79 Å². The van der Waals surface area contributed by atoms with E-state index in [1.165, 1.54) is 0 Å². The van der Waals surface area contributed by atoms with E-state index in [0.29, 0.717) is 12.1 Å². The van der Waals surface area contributed by atoms with Gasteiger partial charge in [-0.25, -0.2) is 4.79 Å². The molecule has 1 atom stereocenters. The molecule has 146 valence electrons. The SMILES string of the molecule is CS(C)(I)CC[C@H](NC(=O)OCc1ccccc1)C(=O)Nc1ccccc1. The van der Waals surface area contributed by atoms with Gasteiger partial charge < -0.3 is 15.4 Å². The molecular weight excluding hydrogens is 475 g/mol. The van der Waals surface area contributed by atoms with Gasteiger partial charge in [-0.2, -0.15) is 7.20 Å². The molecular formula is C20H25IN2O3S. The van der Waals surface area contributed by atoms with Crippen LogP contribution in [0.15, 0.2) is 60.7 Å². The first-order valence-corrected chi connectivity index (χ1v) is 13.7. The predicted molar refractivity (Wildman–Crippen MR) is 122 cm³/mol. The van der Waals surface area contributed by atoms with Gasteiger partial charge in [0, 0.05) is 5.69 Å². The zero-order chi connectivity index (χ0) is 19.7. The Bertz CT molecular complexity index is 736. The first-order chi connectivity index (χ1) is 12.8. The molecule has 0 fully saturated rings. The van der Waals surface area contributed by atoms with Crippen LogP contribution in [0.4, 0.5) is 10.5 Å². The third-order valence-corrected chi connectivity index (χ3v) is 6.28. The van der Waals surface area contributed by atoms with Gasteiger partial charge in [-0.05, 0) is 63.6 Å². The Morgan fingerprint density at radius 3 is 2.22 bits per heavy atom. The standard InChI is InChI=1S/C20H25IN2O3S/c1-27(2,21)14-13-18(19(24)22-17-11-7-4-8-12-17)23-20(25)26-15-16-9-5-3-6-10-16/h3-12,18H,13-15H2,1-2H3,(H,22,24)(H,23,25)/t18-/m0/s1. The van der Waals surface area contributed by atoms with Crippen molar-refractivity contribution in [1.82, 2.24) is 5.32 Å². The number of carbonyl (C=O) groups excluding carboxylic acids is 2. The fraction of sp³-hybridized carbons (Fsp3) is 0.300. The number of carbonyl (C=O) groups is 2. The summed E-state index contributed by atoms with van der Waals surface area (Å²) >= 11 is 2.42. The molecule has 5 nitrogen and oxygen atoms in total. The van der Waals surface area contributed by atoms with Gasteiger partial charge in [0.2, 0.25) is 5.91 Å². The highest BCUT2D eigenvalue weighted by Gasteiger charge is 2.23. The zero-order valence-electron chi connectivity index (χ0n) is 15.5. The Labute approximate surface area is 174 Å². The second-order valence-electron chi connectivity index (χ2n) is 6.51. The Hall–Kier alpha value is -1.74. The normalized spacial score (nSPS) is 12.7. The van der Waals surface area contributed by atoms with Crippen molar-refractivity contribution in [3.05, 3.63) is 66.2 Å². The van der Waals surface area contributed by atoms with Crippen molar-refractivity contribution in [2.45, 2.75) is 19.1 Å². The van der Waals surface area contributed by atoms with E-state index in [0.717, 1.165) is 11.3 Å². The number of amides is 2. The molecule has 0 spiro atoms. The van der Waals surface area contributed by atoms with Gasteiger partial charge in [0.15, 0.2) is 0 Å². The topological polar surface area (TPSA) is 67.4 Å². The van der Waals surface area contributed by atoms with Gasteiger partial charge in [0.1, 0.15) is 12.6 Å². The highest BCUT2D eigenvalue weighted by molar-refractivity contribution is 14.2. The van der Waals surface area contributed by atoms with E-state index >= 15 is 0 Å². The van der Waals surface area contributed by atoms with Gasteiger partial charge in [0.25, 0.3) is 0 Å². The number of rotatable bonds is 8. The minimum absolute atomic E-state index is 0.169. The summed E-state index contributed by atoms with van der Waals surface area (Å²) in [4.78, 5) is 24.9. The van der Waals surface area contributed by atoms with Crippen LogP contribution in [0.5, 0.6) is 0 Å².